The number of hydrogen-bond acceptors (Lipinski definition) is 1. The smallest absolute Gasteiger partial charge is 0.193 e. The Labute approximate surface area is 154 Å². The number of hydrogen-bond donors (Lipinski definition) is 0. The van der Waals surface area contributed by atoms with Crippen LogP contribution in [0.1, 0.15) is 44.4 Å². The standard InChI is InChI=1S/C23H32OSi/c1-19(17-18-20-13-9-7-10-14-20)22(21-15-11-8-12-16-21)24-25(5,6)23(2,3)4/h7-16,22H,1,17-18H2,2-6H3/t22-/m1/s1. The molecule has 0 fully saturated rings. The second-order valence-electron chi connectivity index (χ2n) is 8.31. The zero-order valence-electron chi connectivity index (χ0n) is 16.4. The molecule has 2 aromatic rings. The monoisotopic (exact) mass is 352 g/mol. The second kappa shape index (κ2) is 8.16. The summed E-state index contributed by atoms with van der Waals surface area (Å²) in [4.78, 5) is 0. The largest absolute Gasteiger partial charge is 0.406 e. The van der Waals surface area contributed by atoms with Gasteiger partial charge in [-0.1, -0.05) is 88.0 Å². The zero-order chi connectivity index (χ0) is 18.5. The Bertz CT molecular complexity index is 668. The topological polar surface area (TPSA) is 9.23 Å². The van der Waals surface area contributed by atoms with Crippen LogP contribution in [0.3, 0.4) is 0 Å². The lowest BCUT2D eigenvalue weighted by molar-refractivity contribution is 0.214. The Kier molecular flexibility index (Phi) is 6.42. The molecule has 134 valence electrons. The van der Waals surface area contributed by atoms with Crippen molar-refractivity contribution in [3.05, 3.63) is 83.9 Å². The van der Waals surface area contributed by atoms with Crippen LogP contribution in [-0.2, 0) is 10.8 Å². The van der Waals surface area contributed by atoms with Gasteiger partial charge in [-0.05, 0) is 47.7 Å². The summed E-state index contributed by atoms with van der Waals surface area (Å²) in [6, 6.07) is 21.2. The van der Waals surface area contributed by atoms with E-state index in [0.29, 0.717) is 0 Å². The summed E-state index contributed by atoms with van der Waals surface area (Å²) in [6.07, 6.45) is 1.92. The predicted octanol–water partition coefficient (Wildman–Crippen LogP) is 6.94. The van der Waals surface area contributed by atoms with Crippen LogP contribution in [0.2, 0.25) is 18.1 Å². The van der Waals surface area contributed by atoms with E-state index in [1.807, 2.05) is 0 Å². The van der Waals surface area contributed by atoms with Crippen LogP contribution in [0.5, 0.6) is 0 Å². The Morgan fingerprint density at radius 2 is 1.48 bits per heavy atom. The van der Waals surface area contributed by atoms with Gasteiger partial charge in [-0.25, -0.2) is 0 Å². The van der Waals surface area contributed by atoms with Crippen LogP contribution in [-0.4, -0.2) is 8.32 Å². The lowest BCUT2D eigenvalue weighted by Gasteiger charge is -2.40. The number of rotatable bonds is 7. The molecule has 1 nitrogen and oxygen atoms in total. The van der Waals surface area contributed by atoms with Crippen molar-refractivity contribution in [1.82, 2.24) is 0 Å². The molecule has 0 amide bonds. The van der Waals surface area contributed by atoms with Crippen molar-refractivity contribution in [3.8, 4) is 0 Å². The van der Waals surface area contributed by atoms with E-state index >= 15 is 0 Å². The van der Waals surface area contributed by atoms with Gasteiger partial charge in [0.1, 0.15) is 0 Å². The molecule has 0 aliphatic heterocycles. The van der Waals surface area contributed by atoms with Crippen LogP contribution < -0.4 is 0 Å². The highest BCUT2D eigenvalue weighted by molar-refractivity contribution is 6.74. The minimum atomic E-state index is -1.88. The first-order chi connectivity index (χ1) is 11.7. The number of aryl methyl sites for hydroxylation is 1. The highest BCUT2D eigenvalue weighted by Gasteiger charge is 2.39. The normalized spacial score (nSPS) is 13.5. The van der Waals surface area contributed by atoms with Crippen molar-refractivity contribution in [1.29, 1.82) is 0 Å². The van der Waals surface area contributed by atoms with Gasteiger partial charge in [0, 0.05) is 0 Å². The average molecular weight is 353 g/mol. The first-order valence-electron chi connectivity index (χ1n) is 9.15. The highest BCUT2D eigenvalue weighted by atomic mass is 28.4. The highest BCUT2D eigenvalue weighted by Crippen LogP contribution is 2.41. The molecular formula is C23H32OSi. The summed E-state index contributed by atoms with van der Waals surface area (Å²) in [5.41, 5.74) is 3.73. The summed E-state index contributed by atoms with van der Waals surface area (Å²) >= 11 is 0. The van der Waals surface area contributed by atoms with Crippen molar-refractivity contribution >= 4 is 8.32 Å². The first kappa shape index (κ1) is 19.7. The van der Waals surface area contributed by atoms with E-state index in [2.05, 4.69) is 101 Å². The van der Waals surface area contributed by atoms with E-state index in [0.717, 1.165) is 12.8 Å². The third kappa shape index (κ3) is 5.42. The van der Waals surface area contributed by atoms with Crippen LogP contribution >= 0.6 is 0 Å². The maximum atomic E-state index is 6.78. The SMILES string of the molecule is C=C(CCc1ccccc1)[C@@H](O[Si](C)(C)C(C)(C)C)c1ccccc1. The average Bonchev–Trinajstić information content (AvgIpc) is 2.58. The molecular weight excluding hydrogens is 320 g/mol. The van der Waals surface area contributed by atoms with E-state index in [9.17, 15) is 0 Å². The van der Waals surface area contributed by atoms with Gasteiger partial charge in [-0.3, -0.25) is 0 Å². The molecule has 0 aromatic heterocycles. The Morgan fingerprint density at radius 1 is 0.960 bits per heavy atom. The van der Waals surface area contributed by atoms with Gasteiger partial charge in [0.25, 0.3) is 0 Å². The summed E-state index contributed by atoms with van der Waals surface area (Å²) in [5, 5.41) is 0.180. The molecule has 2 heteroatoms. The van der Waals surface area contributed by atoms with Gasteiger partial charge < -0.3 is 4.43 Å². The quantitative estimate of drug-likeness (QED) is 0.387. The first-order valence-corrected chi connectivity index (χ1v) is 12.1. The minimum absolute atomic E-state index is 0.0224. The molecule has 0 saturated heterocycles. The van der Waals surface area contributed by atoms with Crippen LogP contribution in [0.25, 0.3) is 0 Å². The molecule has 0 unspecified atom stereocenters. The van der Waals surface area contributed by atoms with Crippen LogP contribution in [0, 0.1) is 0 Å². The van der Waals surface area contributed by atoms with E-state index in [1.165, 1.54) is 16.7 Å². The molecule has 2 aromatic carbocycles. The predicted molar refractivity (Wildman–Crippen MR) is 111 cm³/mol. The summed E-state index contributed by atoms with van der Waals surface area (Å²) in [6.45, 7) is 15.9. The molecule has 0 heterocycles. The zero-order valence-corrected chi connectivity index (χ0v) is 17.4. The third-order valence-corrected chi connectivity index (χ3v) is 9.71. The molecule has 0 radical (unpaired) electrons. The fraction of sp³-hybridized carbons (Fsp3) is 0.391. The van der Waals surface area contributed by atoms with Gasteiger partial charge in [0.05, 0.1) is 6.10 Å². The summed E-state index contributed by atoms with van der Waals surface area (Å²) in [7, 11) is -1.88. The fourth-order valence-corrected chi connectivity index (χ4v) is 3.81. The second-order valence-corrected chi connectivity index (χ2v) is 13.1. The summed E-state index contributed by atoms with van der Waals surface area (Å²) in [5.74, 6) is 0. The molecule has 0 saturated carbocycles. The van der Waals surface area contributed by atoms with Crippen LogP contribution in [0.4, 0.5) is 0 Å². The van der Waals surface area contributed by atoms with Crippen LogP contribution in [0.15, 0.2) is 72.8 Å². The van der Waals surface area contributed by atoms with Gasteiger partial charge in [0.2, 0.25) is 0 Å². The number of benzene rings is 2. The van der Waals surface area contributed by atoms with E-state index in [-0.39, 0.29) is 11.1 Å². The fourth-order valence-electron chi connectivity index (χ4n) is 2.57. The molecule has 1 atom stereocenters. The van der Waals surface area contributed by atoms with Gasteiger partial charge in [-0.2, -0.15) is 0 Å². The van der Waals surface area contributed by atoms with Gasteiger partial charge in [0.15, 0.2) is 8.32 Å². The lowest BCUT2D eigenvalue weighted by Crippen LogP contribution is -2.42. The molecule has 0 aliphatic rings. The van der Waals surface area contributed by atoms with Crippen molar-refractivity contribution < 1.29 is 4.43 Å². The maximum absolute atomic E-state index is 6.78. The van der Waals surface area contributed by atoms with Gasteiger partial charge in [-0.15, -0.1) is 0 Å². The van der Waals surface area contributed by atoms with E-state index in [1.54, 1.807) is 0 Å². The molecule has 0 spiro atoms. The van der Waals surface area contributed by atoms with Crippen molar-refractivity contribution in [2.24, 2.45) is 0 Å². The van der Waals surface area contributed by atoms with E-state index < -0.39 is 8.32 Å². The Balaban J connectivity index is 2.18. The lowest BCUT2D eigenvalue weighted by atomic mass is 9.97. The Morgan fingerprint density at radius 3 is 2.00 bits per heavy atom. The van der Waals surface area contributed by atoms with Crippen molar-refractivity contribution in [3.63, 3.8) is 0 Å². The van der Waals surface area contributed by atoms with E-state index in [4.69, 9.17) is 4.43 Å². The molecule has 0 aliphatic carbocycles. The molecule has 2 rings (SSSR count). The van der Waals surface area contributed by atoms with Crippen molar-refractivity contribution in [2.75, 3.05) is 0 Å². The maximum Gasteiger partial charge on any atom is 0.193 e. The third-order valence-electron chi connectivity index (χ3n) is 5.27. The summed E-state index contributed by atoms with van der Waals surface area (Å²) < 4.78 is 6.78. The van der Waals surface area contributed by atoms with Crippen molar-refractivity contribution in [2.45, 2.75) is 57.8 Å². The molecule has 0 bridgehead atoms. The molecule has 0 N–H and O–H groups in total. The minimum Gasteiger partial charge on any atom is -0.406 e. The Hall–Kier alpha value is -1.64. The van der Waals surface area contributed by atoms with Gasteiger partial charge >= 0.3 is 0 Å². The molecule has 25 heavy (non-hydrogen) atoms.